The summed E-state index contributed by atoms with van der Waals surface area (Å²) in [6.45, 7) is 8.88. The monoisotopic (exact) mass is 452 g/mol. The van der Waals surface area contributed by atoms with Crippen molar-refractivity contribution in [3.63, 3.8) is 0 Å². The second-order valence-corrected chi connectivity index (χ2v) is 9.84. The molecule has 2 aromatic rings. The number of aliphatic carboxylic acids is 1. The summed E-state index contributed by atoms with van der Waals surface area (Å²) in [6, 6.07) is 14.1. The first kappa shape index (κ1) is 24.3. The molecule has 0 aromatic heterocycles. The second kappa shape index (κ2) is 9.65. The van der Waals surface area contributed by atoms with E-state index in [-0.39, 0.29) is 18.4 Å². The average Bonchev–Trinajstić information content (AvgIpc) is 3.06. The molecule has 3 N–H and O–H groups in total. The predicted octanol–water partition coefficient (Wildman–Crippen LogP) is 4.17. The fraction of sp³-hybridized carbons (Fsp3) is 0.423. The van der Waals surface area contributed by atoms with Gasteiger partial charge >= 0.3 is 12.1 Å². The van der Waals surface area contributed by atoms with E-state index in [1.165, 1.54) is 0 Å². The average molecular weight is 453 g/mol. The van der Waals surface area contributed by atoms with E-state index >= 15 is 0 Å². The SMILES string of the molecule is CC(C)C(NC(=O)OCC1c2ccccc2-c2ccccc21)C(=O)N[C@H](C(=O)O)C(C)(C)C. The zero-order chi connectivity index (χ0) is 24.3. The van der Waals surface area contributed by atoms with Gasteiger partial charge in [0, 0.05) is 5.92 Å². The van der Waals surface area contributed by atoms with Crippen LogP contribution in [0.3, 0.4) is 0 Å². The Hall–Kier alpha value is -3.35. The van der Waals surface area contributed by atoms with Gasteiger partial charge in [0.15, 0.2) is 0 Å². The van der Waals surface area contributed by atoms with Gasteiger partial charge in [-0.25, -0.2) is 9.59 Å². The van der Waals surface area contributed by atoms with E-state index in [9.17, 15) is 19.5 Å². The van der Waals surface area contributed by atoms with Gasteiger partial charge in [0.25, 0.3) is 0 Å². The molecule has 7 heteroatoms. The molecule has 2 amide bonds. The molecule has 0 bridgehead atoms. The van der Waals surface area contributed by atoms with Crippen molar-refractivity contribution in [3.8, 4) is 11.1 Å². The van der Waals surface area contributed by atoms with E-state index in [1.54, 1.807) is 34.6 Å². The minimum absolute atomic E-state index is 0.0910. The van der Waals surface area contributed by atoms with Crippen molar-refractivity contribution >= 4 is 18.0 Å². The van der Waals surface area contributed by atoms with Gasteiger partial charge in [-0.3, -0.25) is 4.79 Å². The van der Waals surface area contributed by atoms with Gasteiger partial charge in [0.1, 0.15) is 18.7 Å². The van der Waals surface area contributed by atoms with E-state index in [0.29, 0.717) is 0 Å². The van der Waals surface area contributed by atoms with Gasteiger partial charge < -0.3 is 20.5 Å². The summed E-state index contributed by atoms with van der Waals surface area (Å²) >= 11 is 0. The van der Waals surface area contributed by atoms with Crippen LogP contribution in [-0.2, 0) is 14.3 Å². The number of fused-ring (bicyclic) bond motifs is 3. The number of hydrogen-bond acceptors (Lipinski definition) is 4. The Balaban J connectivity index is 1.68. The first-order valence-electron chi connectivity index (χ1n) is 11.2. The number of carboxylic acid groups (broad SMARTS) is 1. The summed E-state index contributed by atoms with van der Waals surface area (Å²) in [7, 11) is 0. The number of carbonyl (C=O) groups is 3. The molecule has 2 atom stereocenters. The third-order valence-corrected chi connectivity index (χ3v) is 5.97. The van der Waals surface area contributed by atoms with Gasteiger partial charge in [-0.15, -0.1) is 0 Å². The Morgan fingerprint density at radius 2 is 1.45 bits per heavy atom. The van der Waals surface area contributed by atoms with Crippen molar-refractivity contribution in [2.24, 2.45) is 11.3 Å². The van der Waals surface area contributed by atoms with Gasteiger partial charge in [-0.2, -0.15) is 0 Å². The molecule has 0 saturated carbocycles. The maximum Gasteiger partial charge on any atom is 0.407 e. The number of benzene rings is 2. The lowest BCUT2D eigenvalue weighted by Gasteiger charge is -2.30. The molecule has 1 aliphatic rings. The van der Waals surface area contributed by atoms with Crippen molar-refractivity contribution in [2.75, 3.05) is 6.61 Å². The Labute approximate surface area is 194 Å². The largest absolute Gasteiger partial charge is 0.480 e. The number of amides is 2. The van der Waals surface area contributed by atoms with Crippen LogP contribution >= 0.6 is 0 Å². The normalized spacial score (nSPS) is 14.7. The highest BCUT2D eigenvalue weighted by Gasteiger charge is 2.36. The fourth-order valence-corrected chi connectivity index (χ4v) is 4.18. The molecule has 1 unspecified atom stereocenters. The number of hydrogen-bond donors (Lipinski definition) is 3. The molecule has 176 valence electrons. The quantitative estimate of drug-likeness (QED) is 0.585. The van der Waals surface area contributed by atoms with E-state index in [0.717, 1.165) is 22.3 Å². The van der Waals surface area contributed by atoms with Crippen molar-refractivity contribution in [2.45, 2.75) is 52.6 Å². The predicted molar refractivity (Wildman–Crippen MR) is 126 cm³/mol. The highest BCUT2D eigenvalue weighted by molar-refractivity contribution is 5.89. The van der Waals surface area contributed by atoms with Crippen molar-refractivity contribution in [3.05, 3.63) is 59.7 Å². The molecule has 1 aliphatic carbocycles. The number of ether oxygens (including phenoxy) is 1. The van der Waals surface area contributed by atoms with Gasteiger partial charge in [-0.1, -0.05) is 83.1 Å². The van der Waals surface area contributed by atoms with Crippen molar-refractivity contribution < 1.29 is 24.2 Å². The van der Waals surface area contributed by atoms with Crippen LogP contribution in [0.2, 0.25) is 0 Å². The molecule has 33 heavy (non-hydrogen) atoms. The van der Waals surface area contributed by atoms with Gasteiger partial charge in [-0.05, 0) is 33.6 Å². The lowest BCUT2D eigenvalue weighted by molar-refractivity contribution is -0.145. The van der Waals surface area contributed by atoms with E-state index in [1.807, 2.05) is 36.4 Å². The lowest BCUT2D eigenvalue weighted by atomic mass is 9.86. The number of carbonyl (C=O) groups excluding carboxylic acids is 2. The highest BCUT2D eigenvalue weighted by Crippen LogP contribution is 2.44. The van der Waals surface area contributed by atoms with Crippen LogP contribution in [0.4, 0.5) is 4.79 Å². The van der Waals surface area contributed by atoms with Gasteiger partial charge in [0.05, 0.1) is 0 Å². The molecule has 2 aromatic carbocycles. The van der Waals surface area contributed by atoms with Crippen LogP contribution < -0.4 is 10.6 Å². The Morgan fingerprint density at radius 1 is 0.939 bits per heavy atom. The first-order chi connectivity index (χ1) is 15.5. The number of carboxylic acids is 1. The standard InChI is InChI=1S/C26H32N2O5/c1-15(2)21(23(29)28-22(24(30)31)26(3,4)5)27-25(32)33-14-20-18-12-8-6-10-16(18)17-11-7-9-13-19(17)20/h6-13,15,20-22H,14H2,1-5H3,(H,27,32)(H,28,29)(H,30,31)/t21?,22-/m1/s1. The molecule has 0 saturated heterocycles. The molecule has 0 radical (unpaired) electrons. The van der Waals surface area contributed by atoms with E-state index in [4.69, 9.17) is 4.74 Å². The smallest absolute Gasteiger partial charge is 0.407 e. The maximum atomic E-state index is 12.8. The van der Waals surface area contributed by atoms with E-state index in [2.05, 4.69) is 22.8 Å². The van der Waals surface area contributed by atoms with Crippen LogP contribution in [-0.4, -0.2) is 41.8 Å². The minimum atomic E-state index is -1.13. The molecule has 0 heterocycles. The minimum Gasteiger partial charge on any atom is -0.480 e. The molecular weight excluding hydrogens is 420 g/mol. The Morgan fingerprint density at radius 3 is 1.91 bits per heavy atom. The summed E-state index contributed by atoms with van der Waals surface area (Å²) in [5, 5.41) is 14.7. The third kappa shape index (κ3) is 5.35. The fourth-order valence-electron chi connectivity index (χ4n) is 4.18. The van der Waals surface area contributed by atoms with Crippen molar-refractivity contribution in [1.29, 1.82) is 0 Å². The summed E-state index contributed by atoms with van der Waals surface area (Å²) in [6.07, 6.45) is -0.714. The lowest BCUT2D eigenvalue weighted by Crippen LogP contribution is -2.57. The van der Waals surface area contributed by atoms with Crippen LogP contribution in [0.15, 0.2) is 48.5 Å². The Bertz CT molecular complexity index is 995. The molecule has 0 spiro atoms. The number of rotatable bonds is 7. The molecule has 0 aliphatic heterocycles. The topological polar surface area (TPSA) is 105 Å². The Kier molecular flexibility index (Phi) is 7.10. The van der Waals surface area contributed by atoms with Gasteiger partial charge in [0.2, 0.25) is 5.91 Å². The summed E-state index contributed by atoms with van der Waals surface area (Å²) < 4.78 is 5.54. The first-order valence-corrected chi connectivity index (χ1v) is 11.2. The van der Waals surface area contributed by atoms with Crippen LogP contribution in [0.5, 0.6) is 0 Å². The third-order valence-electron chi connectivity index (χ3n) is 5.97. The van der Waals surface area contributed by atoms with Crippen LogP contribution in [0.1, 0.15) is 51.7 Å². The van der Waals surface area contributed by atoms with E-state index < -0.39 is 35.5 Å². The summed E-state index contributed by atoms with van der Waals surface area (Å²) in [5.74, 6) is -2.04. The van der Waals surface area contributed by atoms with Crippen molar-refractivity contribution in [1.82, 2.24) is 10.6 Å². The molecule has 7 nitrogen and oxygen atoms in total. The second-order valence-electron chi connectivity index (χ2n) is 9.84. The zero-order valence-corrected chi connectivity index (χ0v) is 19.7. The maximum absolute atomic E-state index is 12.8. The highest BCUT2D eigenvalue weighted by atomic mass is 16.5. The number of nitrogens with one attached hydrogen (secondary N) is 2. The summed E-state index contributed by atoms with van der Waals surface area (Å²) in [5.41, 5.74) is 3.76. The zero-order valence-electron chi connectivity index (χ0n) is 19.7. The molecule has 3 rings (SSSR count). The molecular formula is C26H32N2O5. The summed E-state index contributed by atoms with van der Waals surface area (Å²) in [4.78, 5) is 37.1. The van der Waals surface area contributed by atoms with Crippen LogP contribution in [0, 0.1) is 11.3 Å². The van der Waals surface area contributed by atoms with Crippen LogP contribution in [0.25, 0.3) is 11.1 Å². The number of alkyl carbamates (subject to hydrolysis) is 1. The molecule has 0 fully saturated rings.